The Morgan fingerprint density at radius 1 is 1.36 bits per heavy atom. The van der Waals surface area contributed by atoms with Gasteiger partial charge in [0.1, 0.15) is 9.84 Å². The predicted octanol–water partition coefficient (Wildman–Crippen LogP) is 1.57. The van der Waals surface area contributed by atoms with Gasteiger partial charge in [0.05, 0.1) is 0 Å². The normalized spacial score (nSPS) is 17.0. The summed E-state index contributed by atoms with van der Waals surface area (Å²) in [6, 6.07) is 0. The van der Waals surface area contributed by atoms with E-state index in [1.54, 1.807) is 0 Å². The molecule has 0 aromatic heterocycles. The molecule has 0 fully saturated rings. The predicted molar refractivity (Wildman–Crippen MR) is 61.0 cm³/mol. The summed E-state index contributed by atoms with van der Waals surface area (Å²) in [5.41, 5.74) is 5.97. The molecule has 0 saturated carbocycles. The van der Waals surface area contributed by atoms with Gasteiger partial charge in [-0.2, -0.15) is 0 Å². The Balaban J connectivity index is 4.10. The molecule has 4 heteroatoms. The van der Waals surface area contributed by atoms with Crippen molar-refractivity contribution in [3.05, 3.63) is 0 Å². The van der Waals surface area contributed by atoms with Crippen molar-refractivity contribution in [3.8, 4) is 0 Å². The van der Waals surface area contributed by atoms with Crippen LogP contribution in [0.1, 0.15) is 40.0 Å². The van der Waals surface area contributed by atoms with Crippen LogP contribution in [-0.4, -0.2) is 26.0 Å². The third-order valence-corrected chi connectivity index (χ3v) is 4.00. The quantitative estimate of drug-likeness (QED) is 0.740. The smallest absolute Gasteiger partial charge is 0.147 e. The summed E-state index contributed by atoms with van der Waals surface area (Å²) < 4.78 is 21.9. The molecule has 0 bridgehead atoms. The first-order valence-corrected chi connectivity index (χ1v) is 7.24. The van der Waals surface area contributed by atoms with Crippen LogP contribution in [0.5, 0.6) is 0 Å². The van der Waals surface area contributed by atoms with E-state index < -0.39 is 9.84 Å². The molecule has 86 valence electrons. The highest BCUT2D eigenvalue weighted by Crippen LogP contribution is 2.23. The van der Waals surface area contributed by atoms with Crippen molar-refractivity contribution in [2.75, 3.05) is 12.0 Å². The summed E-state index contributed by atoms with van der Waals surface area (Å²) in [5.74, 6) is 0.644. The molecule has 1 atom stereocenters. The van der Waals surface area contributed by atoms with E-state index in [0.29, 0.717) is 12.3 Å². The fraction of sp³-hybridized carbons (Fsp3) is 1.00. The van der Waals surface area contributed by atoms with Crippen molar-refractivity contribution < 1.29 is 8.42 Å². The van der Waals surface area contributed by atoms with Gasteiger partial charge in [0.2, 0.25) is 0 Å². The lowest BCUT2D eigenvalue weighted by Crippen LogP contribution is -2.44. The number of rotatable bonds is 6. The molecule has 1 unspecified atom stereocenters. The zero-order valence-electron chi connectivity index (χ0n) is 9.71. The Labute approximate surface area is 88.0 Å². The molecular weight excluding hydrogens is 198 g/mol. The summed E-state index contributed by atoms with van der Waals surface area (Å²) in [7, 11) is -2.84. The molecule has 0 aliphatic carbocycles. The lowest BCUT2D eigenvalue weighted by atomic mass is 9.81. The van der Waals surface area contributed by atoms with E-state index in [9.17, 15) is 8.42 Å². The monoisotopic (exact) mass is 221 g/mol. The van der Waals surface area contributed by atoms with Gasteiger partial charge in [0, 0.05) is 17.5 Å². The topological polar surface area (TPSA) is 60.2 Å². The second kappa shape index (κ2) is 5.12. The number of sulfone groups is 1. The Morgan fingerprint density at radius 3 is 2.14 bits per heavy atom. The average molecular weight is 221 g/mol. The summed E-state index contributed by atoms with van der Waals surface area (Å²) in [4.78, 5) is 0. The lowest BCUT2D eigenvalue weighted by Gasteiger charge is -2.32. The molecule has 0 spiro atoms. The number of nitrogens with two attached hydrogens (primary N) is 1. The Bertz CT molecular complexity index is 259. The van der Waals surface area contributed by atoms with Crippen LogP contribution in [-0.2, 0) is 9.84 Å². The van der Waals surface area contributed by atoms with Gasteiger partial charge in [-0.25, -0.2) is 8.42 Å². The molecule has 3 nitrogen and oxygen atoms in total. The van der Waals surface area contributed by atoms with E-state index in [1.165, 1.54) is 6.26 Å². The zero-order chi connectivity index (χ0) is 11.4. The SMILES string of the molecule is CCC(N)(CCCS(C)(=O)=O)C(C)C. The molecule has 0 heterocycles. The van der Waals surface area contributed by atoms with E-state index in [1.807, 2.05) is 0 Å². The Morgan fingerprint density at radius 2 is 1.86 bits per heavy atom. The first-order chi connectivity index (χ1) is 6.21. The van der Waals surface area contributed by atoms with E-state index in [0.717, 1.165) is 12.8 Å². The molecule has 0 radical (unpaired) electrons. The van der Waals surface area contributed by atoms with Gasteiger partial charge in [-0.05, 0) is 25.2 Å². The van der Waals surface area contributed by atoms with Crippen molar-refractivity contribution >= 4 is 9.84 Å². The lowest BCUT2D eigenvalue weighted by molar-refractivity contribution is 0.276. The highest BCUT2D eigenvalue weighted by molar-refractivity contribution is 7.90. The molecule has 14 heavy (non-hydrogen) atoms. The van der Waals surface area contributed by atoms with Crippen LogP contribution in [0.2, 0.25) is 0 Å². The van der Waals surface area contributed by atoms with E-state index in [-0.39, 0.29) is 11.3 Å². The minimum atomic E-state index is -2.84. The first kappa shape index (κ1) is 13.9. The van der Waals surface area contributed by atoms with Crippen molar-refractivity contribution in [2.24, 2.45) is 11.7 Å². The van der Waals surface area contributed by atoms with Crippen LogP contribution in [0.3, 0.4) is 0 Å². The van der Waals surface area contributed by atoms with Crippen molar-refractivity contribution in [2.45, 2.75) is 45.6 Å². The maximum atomic E-state index is 10.9. The molecule has 0 aliphatic heterocycles. The van der Waals surface area contributed by atoms with Gasteiger partial charge >= 0.3 is 0 Å². The summed E-state index contributed by atoms with van der Waals surface area (Å²) in [6.07, 6.45) is 3.62. The Hall–Kier alpha value is -0.0900. The standard InChI is InChI=1S/C10H23NO2S/c1-5-10(11,9(2)3)7-6-8-14(4,12)13/h9H,5-8,11H2,1-4H3. The van der Waals surface area contributed by atoms with Crippen molar-refractivity contribution in [1.29, 1.82) is 0 Å². The summed E-state index contributed by atoms with van der Waals surface area (Å²) >= 11 is 0. The van der Waals surface area contributed by atoms with Gasteiger partial charge in [0.15, 0.2) is 0 Å². The van der Waals surface area contributed by atoms with Crippen molar-refractivity contribution in [3.63, 3.8) is 0 Å². The van der Waals surface area contributed by atoms with Crippen LogP contribution >= 0.6 is 0 Å². The summed E-state index contributed by atoms with van der Waals surface area (Å²) in [5, 5.41) is 0. The highest BCUT2D eigenvalue weighted by Gasteiger charge is 2.26. The van der Waals surface area contributed by atoms with Gasteiger partial charge < -0.3 is 5.73 Å². The van der Waals surface area contributed by atoms with E-state index in [4.69, 9.17) is 5.73 Å². The van der Waals surface area contributed by atoms with Gasteiger partial charge in [0.25, 0.3) is 0 Å². The molecule has 0 amide bonds. The molecule has 0 aliphatic rings. The van der Waals surface area contributed by atoms with Crippen LogP contribution in [0, 0.1) is 5.92 Å². The molecule has 0 rings (SSSR count). The zero-order valence-corrected chi connectivity index (χ0v) is 10.5. The van der Waals surface area contributed by atoms with Crippen LogP contribution < -0.4 is 5.73 Å². The van der Waals surface area contributed by atoms with Gasteiger partial charge in [-0.3, -0.25) is 0 Å². The maximum absolute atomic E-state index is 10.9. The van der Waals surface area contributed by atoms with E-state index in [2.05, 4.69) is 20.8 Å². The second-order valence-corrected chi connectivity index (χ2v) is 6.73. The molecule has 0 aromatic rings. The summed E-state index contributed by atoms with van der Waals surface area (Å²) in [6.45, 7) is 6.23. The van der Waals surface area contributed by atoms with Crippen LogP contribution in [0.4, 0.5) is 0 Å². The fourth-order valence-electron chi connectivity index (χ4n) is 1.54. The van der Waals surface area contributed by atoms with Crippen molar-refractivity contribution in [1.82, 2.24) is 0 Å². The van der Waals surface area contributed by atoms with Crippen LogP contribution in [0.15, 0.2) is 0 Å². The fourth-order valence-corrected chi connectivity index (χ4v) is 2.21. The second-order valence-electron chi connectivity index (χ2n) is 4.47. The molecule has 0 saturated heterocycles. The number of hydrogen-bond acceptors (Lipinski definition) is 3. The third kappa shape index (κ3) is 4.96. The minimum absolute atomic E-state index is 0.204. The van der Waals surface area contributed by atoms with E-state index >= 15 is 0 Å². The molecular formula is C10H23NO2S. The van der Waals surface area contributed by atoms with Gasteiger partial charge in [-0.15, -0.1) is 0 Å². The molecule has 2 N–H and O–H groups in total. The third-order valence-electron chi connectivity index (χ3n) is 2.97. The number of hydrogen-bond donors (Lipinski definition) is 1. The maximum Gasteiger partial charge on any atom is 0.147 e. The van der Waals surface area contributed by atoms with Gasteiger partial charge in [-0.1, -0.05) is 20.8 Å². The largest absolute Gasteiger partial charge is 0.325 e. The first-order valence-electron chi connectivity index (χ1n) is 5.18. The Kier molecular flexibility index (Phi) is 5.09. The molecule has 0 aromatic carbocycles. The van der Waals surface area contributed by atoms with Crippen LogP contribution in [0.25, 0.3) is 0 Å². The average Bonchev–Trinajstić information content (AvgIpc) is 2.01. The minimum Gasteiger partial charge on any atom is -0.325 e. The highest BCUT2D eigenvalue weighted by atomic mass is 32.2.